The molecule has 0 amide bonds. The van der Waals surface area contributed by atoms with Gasteiger partial charge in [-0.25, -0.2) is 0 Å². The molecule has 0 bridgehead atoms. The first kappa shape index (κ1) is 12.1. The van der Waals surface area contributed by atoms with Gasteiger partial charge in [-0.15, -0.1) is 0 Å². The van der Waals surface area contributed by atoms with Crippen molar-refractivity contribution >= 4 is 0 Å². The minimum Gasteiger partial charge on any atom is -0.0622 e. The lowest BCUT2D eigenvalue weighted by Gasteiger charge is -2.31. The molecule has 0 aromatic rings. The van der Waals surface area contributed by atoms with Crippen molar-refractivity contribution in [3.05, 3.63) is 0 Å². The van der Waals surface area contributed by atoms with Gasteiger partial charge in [-0.3, -0.25) is 0 Å². The van der Waals surface area contributed by atoms with Crippen LogP contribution in [-0.4, -0.2) is 0 Å². The zero-order valence-electron chi connectivity index (χ0n) is 11.1. The Kier molecular flexibility index (Phi) is 3.05. The van der Waals surface area contributed by atoms with Gasteiger partial charge in [-0.05, 0) is 41.4 Å². The Bertz CT molecular complexity index is 189. The summed E-state index contributed by atoms with van der Waals surface area (Å²) in [6.07, 6.45) is 2.87. The predicted molar refractivity (Wildman–Crippen MR) is 64.3 cm³/mol. The molecule has 1 aliphatic carbocycles. The van der Waals surface area contributed by atoms with Crippen LogP contribution < -0.4 is 0 Å². The molecule has 0 aliphatic heterocycles. The summed E-state index contributed by atoms with van der Waals surface area (Å²) in [5.41, 5.74) is 1.01. The number of rotatable bonds is 0. The Morgan fingerprint density at radius 3 is 1.50 bits per heavy atom. The van der Waals surface area contributed by atoms with Gasteiger partial charge in [0.1, 0.15) is 0 Å². The van der Waals surface area contributed by atoms with Crippen LogP contribution in [-0.2, 0) is 0 Å². The van der Waals surface area contributed by atoms with Gasteiger partial charge in [0.15, 0.2) is 0 Å². The fourth-order valence-corrected chi connectivity index (χ4v) is 3.16. The van der Waals surface area contributed by atoms with Crippen molar-refractivity contribution in [1.29, 1.82) is 0 Å². The summed E-state index contributed by atoms with van der Waals surface area (Å²) in [5, 5.41) is 0. The van der Waals surface area contributed by atoms with E-state index in [2.05, 4.69) is 48.5 Å². The van der Waals surface area contributed by atoms with Crippen LogP contribution in [0.2, 0.25) is 0 Å². The van der Waals surface area contributed by atoms with Crippen LogP contribution in [0.25, 0.3) is 0 Å². The molecule has 3 atom stereocenters. The molecule has 1 rings (SSSR count). The second-order valence-electron chi connectivity index (χ2n) is 7.48. The maximum Gasteiger partial charge on any atom is -0.0337 e. The Balaban J connectivity index is 2.70. The van der Waals surface area contributed by atoms with Gasteiger partial charge in [0, 0.05) is 0 Å². The maximum absolute atomic E-state index is 2.45. The summed E-state index contributed by atoms with van der Waals surface area (Å²) in [6, 6.07) is 0. The molecule has 0 N–H and O–H groups in total. The van der Waals surface area contributed by atoms with Gasteiger partial charge in [-0.2, -0.15) is 0 Å². The van der Waals surface area contributed by atoms with Crippen molar-refractivity contribution < 1.29 is 0 Å². The molecule has 0 radical (unpaired) electrons. The van der Waals surface area contributed by atoms with E-state index in [1.807, 2.05) is 0 Å². The van der Waals surface area contributed by atoms with Crippen LogP contribution in [0.3, 0.4) is 0 Å². The molecule has 0 aromatic carbocycles. The largest absolute Gasteiger partial charge is 0.0622 e. The Hall–Kier alpha value is 0. The highest BCUT2D eigenvalue weighted by Crippen LogP contribution is 2.51. The molecule has 0 spiro atoms. The Labute approximate surface area is 90.5 Å². The second-order valence-corrected chi connectivity index (χ2v) is 7.48. The molecule has 0 saturated heterocycles. The van der Waals surface area contributed by atoms with Gasteiger partial charge >= 0.3 is 0 Å². The van der Waals surface area contributed by atoms with Crippen LogP contribution in [0.15, 0.2) is 0 Å². The summed E-state index contributed by atoms with van der Waals surface area (Å²) in [7, 11) is 0. The molecule has 1 aliphatic rings. The van der Waals surface area contributed by atoms with E-state index in [0.717, 1.165) is 17.8 Å². The van der Waals surface area contributed by atoms with Crippen molar-refractivity contribution in [3.8, 4) is 0 Å². The van der Waals surface area contributed by atoms with E-state index in [0.29, 0.717) is 10.8 Å². The van der Waals surface area contributed by atoms with E-state index in [1.54, 1.807) is 0 Å². The SMILES string of the molecule is CC1CC(C(C)(C)C)CC1C(C)(C)C. The zero-order valence-corrected chi connectivity index (χ0v) is 11.1. The molecule has 14 heavy (non-hydrogen) atoms. The average molecular weight is 196 g/mol. The summed E-state index contributed by atoms with van der Waals surface area (Å²) in [6.45, 7) is 16.8. The van der Waals surface area contributed by atoms with Gasteiger partial charge in [0.2, 0.25) is 0 Å². The quantitative estimate of drug-likeness (QED) is 0.525. The van der Waals surface area contributed by atoms with Crippen molar-refractivity contribution in [2.75, 3.05) is 0 Å². The van der Waals surface area contributed by atoms with Crippen molar-refractivity contribution in [2.45, 2.75) is 61.3 Å². The molecule has 3 unspecified atom stereocenters. The monoisotopic (exact) mass is 196 g/mol. The van der Waals surface area contributed by atoms with Crippen LogP contribution in [0.4, 0.5) is 0 Å². The number of hydrogen-bond acceptors (Lipinski definition) is 0. The molecular weight excluding hydrogens is 168 g/mol. The standard InChI is InChI=1S/C14H28/c1-10-8-11(13(2,3)4)9-12(10)14(5,6)7/h10-12H,8-9H2,1-7H3. The van der Waals surface area contributed by atoms with E-state index < -0.39 is 0 Å². The second kappa shape index (κ2) is 3.54. The van der Waals surface area contributed by atoms with Crippen LogP contribution in [0.5, 0.6) is 0 Å². The molecule has 84 valence electrons. The Morgan fingerprint density at radius 2 is 1.29 bits per heavy atom. The first-order valence-corrected chi connectivity index (χ1v) is 6.12. The third kappa shape index (κ3) is 2.52. The maximum atomic E-state index is 2.45. The lowest BCUT2D eigenvalue weighted by molar-refractivity contribution is 0.181. The minimum absolute atomic E-state index is 0.499. The highest BCUT2D eigenvalue weighted by Gasteiger charge is 2.42. The lowest BCUT2D eigenvalue weighted by atomic mass is 9.74. The zero-order chi connectivity index (χ0) is 11.1. The summed E-state index contributed by atoms with van der Waals surface area (Å²) < 4.78 is 0. The van der Waals surface area contributed by atoms with Gasteiger partial charge < -0.3 is 0 Å². The third-order valence-electron chi connectivity index (χ3n) is 4.22. The van der Waals surface area contributed by atoms with E-state index in [9.17, 15) is 0 Å². The van der Waals surface area contributed by atoms with Crippen LogP contribution in [0.1, 0.15) is 61.3 Å². The minimum atomic E-state index is 0.499. The fourth-order valence-electron chi connectivity index (χ4n) is 3.16. The normalized spacial score (nSPS) is 34.9. The first-order valence-electron chi connectivity index (χ1n) is 6.12. The van der Waals surface area contributed by atoms with E-state index in [1.165, 1.54) is 12.8 Å². The van der Waals surface area contributed by atoms with E-state index in [4.69, 9.17) is 0 Å². The molecule has 0 heterocycles. The highest BCUT2D eigenvalue weighted by atomic mass is 14.5. The van der Waals surface area contributed by atoms with E-state index in [-0.39, 0.29) is 0 Å². The molecule has 0 nitrogen and oxygen atoms in total. The lowest BCUT2D eigenvalue weighted by Crippen LogP contribution is -2.23. The molecular formula is C14H28. The van der Waals surface area contributed by atoms with Gasteiger partial charge in [-0.1, -0.05) is 48.5 Å². The first-order chi connectivity index (χ1) is 6.12. The topological polar surface area (TPSA) is 0 Å². The fraction of sp³-hybridized carbons (Fsp3) is 1.00. The Morgan fingerprint density at radius 1 is 0.786 bits per heavy atom. The smallest absolute Gasteiger partial charge is 0.0337 e. The van der Waals surface area contributed by atoms with Crippen molar-refractivity contribution in [1.82, 2.24) is 0 Å². The van der Waals surface area contributed by atoms with Crippen LogP contribution >= 0.6 is 0 Å². The van der Waals surface area contributed by atoms with Crippen molar-refractivity contribution in [2.24, 2.45) is 28.6 Å². The average Bonchev–Trinajstić information content (AvgIpc) is 2.27. The van der Waals surface area contributed by atoms with Gasteiger partial charge in [0.05, 0.1) is 0 Å². The third-order valence-corrected chi connectivity index (χ3v) is 4.22. The summed E-state index contributed by atoms with van der Waals surface area (Å²) in [5.74, 6) is 2.77. The molecule has 1 saturated carbocycles. The summed E-state index contributed by atoms with van der Waals surface area (Å²) >= 11 is 0. The number of hydrogen-bond donors (Lipinski definition) is 0. The van der Waals surface area contributed by atoms with Crippen molar-refractivity contribution in [3.63, 3.8) is 0 Å². The van der Waals surface area contributed by atoms with Gasteiger partial charge in [0.25, 0.3) is 0 Å². The summed E-state index contributed by atoms with van der Waals surface area (Å²) in [4.78, 5) is 0. The molecule has 0 heteroatoms. The molecule has 1 fully saturated rings. The van der Waals surface area contributed by atoms with Crippen LogP contribution in [0, 0.1) is 28.6 Å². The molecule has 0 aromatic heterocycles. The predicted octanol–water partition coefficient (Wildman–Crippen LogP) is 4.74. The highest BCUT2D eigenvalue weighted by molar-refractivity contribution is 4.91. The van der Waals surface area contributed by atoms with E-state index >= 15 is 0 Å².